The minimum atomic E-state index is -4.22. The van der Waals surface area contributed by atoms with E-state index in [0.29, 0.717) is 17.6 Å². The van der Waals surface area contributed by atoms with E-state index < -0.39 is 38.0 Å². The van der Waals surface area contributed by atoms with Crippen LogP contribution in [0.5, 0.6) is 0 Å². The first-order valence-corrected chi connectivity index (χ1v) is 11.1. The molecule has 0 aliphatic heterocycles. The number of aromatic nitrogens is 4. The van der Waals surface area contributed by atoms with Crippen molar-refractivity contribution in [1.82, 2.24) is 19.1 Å². The Kier molecular flexibility index (Phi) is 7.91. The van der Waals surface area contributed by atoms with Crippen molar-refractivity contribution in [2.45, 2.75) is 57.4 Å². The summed E-state index contributed by atoms with van der Waals surface area (Å²) >= 11 is 0. The van der Waals surface area contributed by atoms with Crippen LogP contribution in [0.15, 0.2) is 12.7 Å². The van der Waals surface area contributed by atoms with Gasteiger partial charge >= 0.3 is 7.60 Å². The molecule has 0 fully saturated rings. The molecule has 5 N–H and O–H groups in total. The van der Waals surface area contributed by atoms with E-state index in [1.54, 1.807) is 20.9 Å². The van der Waals surface area contributed by atoms with Crippen LogP contribution >= 0.6 is 7.60 Å². The molecule has 0 aromatic carbocycles. The predicted octanol–water partition coefficient (Wildman–Crippen LogP) is 0.217. The molecule has 5 atom stereocenters. The van der Waals surface area contributed by atoms with Crippen LogP contribution in [-0.4, -0.2) is 70.1 Å². The molecule has 13 heteroatoms. The standard InChI is InChI=1S/C17H30N5O7P/c1-5-17(3,29-30(26,27)11(2)24)6-7-28-16(12(25)8-23)22-10-19-13-14(18)21(4)9-20-15(13)22/h9-12,16,18,23-25H,5-8H2,1-4H3,(H,26,27)/t11?,12-,16-,17?/m1/s1. The van der Waals surface area contributed by atoms with Gasteiger partial charge in [0.25, 0.3) is 0 Å². The van der Waals surface area contributed by atoms with E-state index in [1.165, 1.54) is 28.7 Å². The van der Waals surface area contributed by atoms with Crippen molar-refractivity contribution in [3.05, 3.63) is 18.1 Å². The Morgan fingerprint density at radius 1 is 1.33 bits per heavy atom. The van der Waals surface area contributed by atoms with Gasteiger partial charge in [-0.15, -0.1) is 0 Å². The van der Waals surface area contributed by atoms with E-state index >= 15 is 0 Å². The lowest BCUT2D eigenvalue weighted by Crippen LogP contribution is -2.33. The Hall–Kier alpha value is -1.66. The highest BCUT2D eigenvalue weighted by molar-refractivity contribution is 7.53. The number of aliphatic hydroxyl groups is 3. The number of hydrogen-bond acceptors (Lipinski definition) is 9. The zero-order chi connectivity index (χ0) is 22.7. The van der Waals surface area contributed by atoms with Crippen LogP contribution in [0.3, 0.4) is 0 Å². The van der Waals surface area contributed by atoms with Gasteiger partial charge < -0.3 is 34.0 Å². The van der Waals surface area contributed by atoms with Gasteiger partial charge in [0.1, 0.15) is 11.6 Å². The highest BCUT2D eigenvalue weighted by Gasteiger charge is 2.37. The smallest absolute Gasteiger partial charge is 0.356 e. The van der Waals surface area contributed by atoms with Crippen LogP contribution in [0, 0.1) is 5.41 Å². The Balaban J connectivity index is 2.22. The van der Waals surface area contributed by atoms with Crippen LogP contribution < -0.4 is 5.49 Å². The second kappa shape index (κ2) is 9.65. The van der Waals surface area contributed by atoms with Gasteiger partial charge in [-0.2, -0.15) is 0 Å². The third-order valence-corrected chi connectivity index (χ3v) is 6.63. The monoisotopic (exact) mass is 447 g/mol. The molecule has 0 aliphatic rings. The average Bonchev–Trinajstić information content (AvgIpc) is 3.11. The van der Waals surface area contributed by atoms with Crippen molar-refractivity contribution in [2.24, 2.45) is 7.05 Å². The number of nitrogens with one attached hydrogen (secondary N) is 1. The van der Waals surface area contributed by atoms with Crippen LogP contribution in [0.2, 0.25) is 0 Å². The highest BCUT2D eigenvalue weighted by Crippen LogP contribution is 2.51. The molecular formula is C17H30N5O7P. The molecule has 3 unspecified atom stereocenters. The maximum Gasteiger partial charge on any atom is 0.356 e. The maximum atomic E-state index is 12.1. The molecule has 0 aliphatic carbocycles. The van der Waals surface area contributed by atoms with Crippen molar-refractivity contribution in [2.75, 3.05) is 13.2 Å². The number of hydrogen-bond donors (Lipinski definition) is 5. The fourth-order valence-corrected chi connectivity index (χ4v) is 3.75. The van der Waals surface area contributed by atoms with E-state index in [4.69, 9.17) is 14.7 Å². The van der Waals surface area contributed by atoms with Crippen molar-refractivity contribution >= 4 is 18.8 Å². The molecule has 170 valence electrons. The lowest BCUT2D eigenvalue weighted by Gasteiger charge is -2.32. The first kappa shape index (κ1) is 24.6. The molecule has 0 saturated heterocycles. The van der Waals surface area contributed by atoms with Crippen molar-refractivity contribution < 1.29 is 34.0 Å². The summed E-state index contributed by atoms with van der Waals surface area (Å²) in [5, 5.41) is 37.2. The molecule has 12 nitrogen and oxygen atoms in total. The summed E-state index contributed by atoms with van der Waals surface area (Å²) in [6, 6.07) is 0. The normalized spacial score (nSPS) is 19.2. The number of aliphatic hydroxyl groups excluding tert-OH is 3. The molecule has 0 bridgehead atoms. The van der Waals surface area contributed by atoms with Crippen molar-refractivity contribution in [3.8, 4) is 0 Å². The SMILES string of the molecule is CCC(C)(CCO[C@H]([C@H](O)CO)n1cnc2c(=N)n(C)cnc21)OP(=O)(O)C(C)O. The summed E-state index contributed by atoms with van der Waals surface area (Å²) in [5.41, 5.74) is -0.328. The maximum absolute atomic E-state index is 12.1. The van der Waals surface area contributed by atoms with Gasteiger partial charge in [-0.1, -0.05) is 6.92 Å². The molecule has 2 aromatic heterocycles. The number of nitrogens with zero attached hydrogens (tertiary/aromatic N) is 4. The Labute approximate surface area is 173 Å². The summed E-state index contributed by atoms with van der Waals surface area (Å²) in [4.78, 5) is 18.2. The lowest BCUT2D eigenvalue weighted by atomic mass is 10.0. The third-order valence-electron chi connectivity index (χ3n) is 4.98. The molecular weight excluding hydrogens is 417 g/mol. The molecule has 2 rings (SSSR count). The zero-order valence-electron chi connectivity index (χ0n) is 17.5. The number of rotatable bonds is 11. The van der Waals surface area contributed by atoms with Crippen molar-refractivity contribution in [1.29, 1.82) is 5.41 Å². The first-order chi connectivity index (χ1) is 14.0. The molecule has 0 radical (unpaired) electrons. The summed E-state index contributed by atoms with van der Waals surface area (Å²) in [6.07, 6.45) is 0.982. The second-order valence-corrected chi connectivity index (χ2v) is 9.44. The molecule has 2 heterocycles. The number of ether oxygens (including phenoxy) is 1. The van der Waals surface area contributed by atoms with Gasteiger partial charge in [-0.05, 0) is 20.3 Å². The Bertz CT molecular complexity index is 962. The molecule has 0 amide bonds. The molecule has 0 spiro atoms. The van der Waals surface area contributed by atoms with Gasteiger partial charge in [0.15, 0.2) is 23.2 Å². The van der Waals surface area contributed by atoms with E-state index in [1.807, 2.05) is 0 Å². The average molecular weight is 447 g/mol. The zero-order valence-corrected chi connectivity index (χ0v) is 18.4. The van der Waals surface area contributed by atoms with Gasteiger partial charge in [0, 0.05) is 13.5 Å². The molecule has 2 aromatic rings. The minimum absolute atomic E-state index is 0.000106. The van der Waals surface area contributed by atoms with Gasteiger partial charge in [0.05, 0.1) is 31.5 Å². The van der Waals surface area contributed by atoms with Crippen molar-refractivity contribution in [3.63, 3.8) is 0 Å². The van der Waals surface area contributed by atoms with Gasteiger partial charge in [0.2, 0.25) is 0 Å². The molecule has 0 saturated carbocycles. The summed E-state index contributed by atoms with van der Waals surface area (Å²) < 4.78 is 26.1. The van der Waals surface area contributed by atoms with E-state index in [0.717, 1.165) is 0 Å². The largest absolute Gasteiger partial charge is 0.394 e. The van der Waals surface area contributed by atoms with E-state index in [2.05, 4.69) is 9.97 Å². The second-order valence-electron chi connectivity index (χ2n) is 7.38. The predicted molar refractivity (Wildman–Crippen MR) is 106 cm³/mol. The molecule has 30 heavy (non-hydrogen) atoms. The van der Waals surface area contributed by atoms with Crippen LogP contribution in [0.4, 0.5) is 0 Å². The van der Waals surface area contributed by atoms with Gasteiger partial charge in [-0.25, -0.2) is 9.97 Å². The number of fused-ring (bicyclic) bond motifs is 1. The van der Waals surface area contributed by atoms with Crippen LogP contribution in [-0.2, 0) is 20.9 Å². The number of imidazole rings is 1. The number of aryl methyl sites for hydroxylation is 1. The fraction of sp³-hybridized carbons (Fsp3) is 0.706. The summed E-state index contributed by atoms with van der Waals surface area (Å²) in [5.74, 6) is -1.53. The summed E-state index contributed by atoms with van der Waals surface area (Å²) in [7, 11) is -2.56. The van der Waals surface area contributed by atoms with Crippen LogP contribution in [0.1, 0.15) is 39.8 Å². The highest BCUT2D eigenvalue weighted by atomic mass is 31.2. The Morgan fingerprint density at radius 3 is 2.57 bits per heavy atom. The lowest BCUT2D eigenvalue weighted by molar-refractivity contribution is -0.107. The first-order valence-electron chi connectivity index (χ1n) is 9.50. The summed E-state index contributed by atoms with van der Waals surface area (Å²) in [6.45, 7) is 3.98. The topological polar surface area (TPSA) is 176 Å². The quantitative estimate of drug-likeness (QED) is 0.302. The van der Waals surface area contributed by atoms with Crippen LogP contribution in [0.25, 0.3) is 11.2 Å². The third kappa shape index (κ3) is 5.33. The Morgan fingerprint density at radius 2 is 2.00 bits per heavy atom. The van der Waals surface area contributed by atoms with Gasteiger partial charge in [-0.3, -0.25) is 14.5 Å². The minimum Gasteiger partial charge on any atom is -0.394 e. The fourth-order valence-electron chi connectivity index (χ4n) is 2.74. The van der Waals surface area contributed by atoms with E-state index in [-0.39, 0.29) is 18.5 Å². The van der Waals surface area contributed by atoms with E-state index in [9.17, 15) is 24.8 Å².